The first-order chi connectivity index (χ1) is 14.7. The molecule has 1 aromatic heterocycles. The van der Waals surface area contributed by atoms with Gasteiger partial charge in [-0.3, -0.25) is 0 Å². The predicted molar refractivity (Wildman–Crippen MR) is 120 cm³/mol. The fourth-order valence-corrected chi connectivity index (χ4v) is 3.13. The summed E-state index contributed by atoms with van der Waals surface area (Å²) in [4.78, 5) is 4.73. The van der Waals surface area contributed by atoms with Crippen LogP contribution in [-0.4, -0.2) is 34.4 Å². The van der Waals surface area contributed by atoms with Crippen LogP contribution < -0.4 is 15.4 Å². The molecule has 0 bridgehead atoms. The van der Waals surface area contributed by atoms with E-state index in [9.17, 15) is 0 Å². The molecule has 158 valence electrons. The van der Waals surface area contributed by atoms with Crippen LogP contribution in [0.25, 0.3) is 0 Å². The second-order valence-electron chi connectivity index (χ2n) is 6.68. The van der Waals surface area contributed by atoms with Gasteiger partial charge in [0, 0.05) is 31.1 Å². The Kier molecular flexibility index (Phi) is 8.09. The maximum Gasteiger partial charge on any atom is 0.191 e. The van der Waals surface area contributed by atoms with E-state index in [2.05, 4.69) is 27.8 Å². The summed E-state index contributed by atoms with van der Waals surface area (Å²) in [6.07, 6.45) is 2.61. The number of guanidine groups is 1. The highest BCUT2D eigenvalue weighted by molar-refractivity contribution is 6.31. The molecule has 0 saturated heterocycles. The van der Waals surface area contributed by atoms with Gasteiger partial charge >= 0.3 is 0 Å². The van der Waals surface area contributed by atoms with E-state index in [0.717, 1.165) is 46.6 Å². The highest BCUT2D eigenvalue weighted by atomic mass is 35.5. The van der Waals surface area contributed by atoms with E-state index in [1.54, 1.807) is 13.4 Å². The first-order valence-corrected chi connectivity index (χ1v) is 10.3. The molecule has 2 aromatic carbocycles. The number of nitrogens with zero attached hydrogens (tertiary/aromatic N) is 4. The Morgan fingerprint density at radius 2 is 1.93 bits per heavy atom. The van der Waals surface area contributed by atoms with Crippen LogP contribution in [0.3, 0.4) is 0 Å². The van der Waals surface area contributed by atoms with Crippen molar-refractivity contribution in [2.45, 2.75) is 33.0 Å². The molecule has 0 spiro atoms. The summed E-state index contributed by atoms with van der Waals surface area (Å²) in [7, 11) is 1.66. The zero-order chi connectivity index (χ0) is 21.2. The number of nitrogens with one attached hydrogen (secondary N) is 2. The minimum Gasteiger partial charge on any atom is -0.497 e. The summed E-state index contributed by atoms with van der Waals surface area (Å²) < 4.78 is 7.26. The minimum atomic E-state index is 0.550. The second kappa shape index (κ2) is 11.2. The van der Waals surface area contributed by atoms with Crippen molar-refractivity contribution in [1.82, 2.24) is 25.4 Å². The van der Waals surface area contributed by atoms with Gasteiger partial charge in [0.25, 0.3) is 0 Å². The molecule has 8 heteroatoms. The molecule has 0 saturated carbocycles. The molecule has 0 atom stereocenters. The van der Waals surface area contributed by atoms with Crippen LogP contribution in [0.4, 0.5) is 0 Å². The summed E-state index contributed by atoms with van der Waals surface area (Å²) >= 11 is 6.29. The molecule has 0 aliphatic rings. The zero-order valence-corrected chi connectivity index (χ0v) is 18.1. The van der Waals surface area contributed by atoms with Gasteiger partial charge in [0.15, 0.2) is 5.96 Å². The maximum absolute atomic E-state index is 6.29. The Hall–Kier alpha value is -3.06. The number of rotatable bonds is 9. The highest BCUT2D eigenvalue weighted by Gasteiger charge is 2.05. The van der Waals surface area contributed by atoms with Crippen molar-refractivity contribution in [3.63, 3.8) is 0 Å². The molecule has 3 aromatic rings. The van der Waals surface area contributed by atoms with Gasteiger partial charge in [-0.15, -0.1) is 10.2 Å². The number of halogens is 1. The van der Waals surface area contributed by atoms with Crippen molar-refractivity contribution in [1.29, 1.82) is 0 Å². The molecule has 7 nitrogen and oxygen atoms in total. The van der Waals surface area contributed by atoms with Crippen LogP contribution in [0.5, 0.6) is 5.75 Å². The Labute approximate surface area is 182 Å². The van der Waals surface area contributed by atoms with Gasteiger partial charge in [0.1, 0.15) is 17.9 Å². The number of aromatic nitrogens is 3. The topological polar surface area (TPSA) is 76.4 Å². The Balaban J connectivity index is 1.64. The smallest absolute Gasteiger partial charge is 0.191 e. The van der Waals surface area contributed by atoms with E-state index in [-0.39, 0.29) is 0 Å². The van der Waals surface area contributed by atoms with Crippen molar-refractivity contribution in [3.05, 3.63) is 76.8 Å². The SMILES string of the molecule is CCc1nncn1CCNC(=NCc1ccc(OC)cc1)NCc1ccccc1Cl. The van der Waals surface area contributed by atoms with Crippen molar-refractivity contribution >= 4 is 17.6 Å². The van der Waals surface area contributed by atoms with Crippen LogP contribution in [-0.2, 0) is 26.1 Å². The van der Waals surface area contributed by atoms with Crippen molar-refractivity contribution in [2.24, 2.45) is 4.99 Å². The van der Waals surface area contributed by atoms with Gasteiger partial charge in [0.05, 0.1) is 13.7 Å². The molecular weight excluding hydrogens is 400 g/mol. The third kappa shape index (κ3) is 6.22. The molecule has 0 fully saturated rings. The number of benzene rings is 2. The summed E-state index contributed by atoms with van der Waals surface area (Å²) in [5.74, 6) is 2.52. The first kappa shape index (κ1) is 21.6. The average molecular weight is 427 g/mol. The third-order valence-corrected chi connectivity index (χ3v) is 5.01. The molecule has 3 rings (SSSR count). The van der Waals surface area contributed by atoms with E-state index in [1.807, 2.05) is 53.1 Å². The lowest BCUT2D eigenvalue weighted by atomic mass is 10.2. The Bertz CT molecular complexity index is 954. The molecule has 0 radical (unpaired) electrons. The van der Waals surface area contributed by atoms with Gasteiger partial charge in [-0.1, -0.05) is 48.9 Å². The summed E-state index contributed by atoms with van der Waals surface area (Å²) in [5.41, 5.74) is 2.12. The molecule has 0 aliphatic carbocycles. The first-order valence-electron chi connectivity index (χ1n) is 9.94. The standard InChI is InChI=1S/C22H27ClN6O/c1-3-21-28-27-16-29(21)13-12-24-22(26-15-18-6-4-5-7-20(18)23)25-14-17-8-10-19(30-2)11-9-17/h4-11,16H,3,12-15H2,1-2H3,(H2,24,25,26). The number of ether oxygens (including phenoxy) is 1. The summed E-state index contributed by atoms with van der Waals surface area (Å²) in [6.45, 7) is 4.66. The minimum absolute atomic E-state index is 0.550. The fourth-order valence-electron chi connectivity index (χ4n) is 2.93. The maximum atomic E-state index is 6.29. The van der Waals surface area contributed by atoms with E-state index in [4.69, 9.17) is 21.3 Å². The van der Waals surface area contributed by atoms with Crippen molar-refractivity contribution < 1.29 is 4.74 Å². The van der Waals surface area contributed by atoms with E-state index in [0.29, 0.717) is 19.6 Å². The van der Waals surface area contributed by atoms with Gasteiger partial charge in [-0.05, 0) is 29.3 Å². The zero-order valence-electron chi connectivity index (χ0n) is 17.3. The van der Waals surface area contributed by atoms with Crippen molar-refractivity contribution in [3.8, 4) is 5.75 Å². The number of aliphatic imine (C=N–C) groups is 1. The van der Waals surface area contributed by atoms with Crippen LogP contribution in [0.15, 0.2) is 59.9 Å². The third-order valence-electron chi connectivity index (χ3n) is 4.64. The molecule has 0 unspecified atom stereocenters. The van der Waals surface area contributed by atoms with Crippen LogP contribution in [0, 0.1) is 0 Å². The van der Waals surface area contributed by atoms with Crippen LogP contribution >= 0.6 is 11.6 Å². The molecule has 0 aliphatic heterocycles. The monoisotopic (exact) mass is 426 g/mol. The van der Waals surface area contributed by atoms with Gasteiger partial charge in [0.2, 0.25) is 0 Å². The molecular formula is C22H27ClN6O. The van der Waals surface area contributed by atoms with Gasteiger partial charge < -0.3 is 19.9 Å². The van der Waals surface area contributed by atoms with Crippen LogP contribution in [0.1, 0.15) is 23.9 Å². The molecule has 1 heterocycles. The fraction of sp³-hybridized carbons (Fsp3) is 0.318. The van der Waals surface area contributed by atoms with Crippen LogP contribution in [0.2, 0.25) is 5.02 Å². The van der Waals surface area contributed by atoms with Gasteiger partial charge in [-0.25, -0.2) is 4.99 Å². The molecule has 0 amide bonds. The predicted octanol–water partition coefficient (Wildman–Crippen LogP) is 3.44. The largest absolute Gasteiger partial charge is 0.497 e. The Morgan fingerprint density at radius 3 is 2.67 bits per heavy atom. The lowest BCUT2D eigenvalue weighted by Crippen LogP contribution is -2.38. The summed E-state index contributed by atoms with van der Waals surface area (Å²) in [6, 6.07) is 15.7. The van der Waals surface area contributed by atoms with Crippen molar-refractivity contribution in [2.75, 3.05) is 13.7 Å². The summed E-state index contributed by atoms with van der Waals surface area (Å²) in [5, 5.41) is 15.6. The second-order valence-corrected chi connectivity index (χ2v) is 7.09. The lowest BCUT2D eigenvalue weighted by molar-refractivity contribution is 0.414. The lowest BCUT2D eigenvalue weighted by Gasteiger charge is -2.14. The number of aryl methyl sites for hydroxylation is 1. The van der Waals surface area contributed by atoms with E-state index >= 15 is 0 Å². The quantitative estimate of drug-likeness (QED) is 0.405. The normalized spacial score (nSPS) is 11.4. The number of hydrogen-bond acceptors (Lipinski definition) is 4. The average Bonchev–Trinajstić information content (AvgIpc) is 3.24. The molecule has 30 heavy (non-hydrogen) atoms. The molecule has 2 N–H and O–H groups in total. The number of hydrogen-bond donors (Lipinski definition) is 2. The van der Waals surface area contributed by atoms with E-state index < -0.39 is 0 Å². The van der Waals surface area contributed by atoms with E-state index in [1.165, 1.54) is 0 Å². The Morgan fingerprint density at radius 1 is 1.13 bits per heavy atom. The number of methoxy groups -OCH3 is 1. The highest BCUT2D eigenvalue weighted by Crippen LogP contribution is 2.14. The van der Waals surface area contributed by atoms with Gasteiger partial charge in [-0.2, -0.15) is 0 Å².